The summed E-state index contributed by atoms with van der Waals surface area (Å²) in [5, 5.41) is 3.75. The molecule has 2 aromatic rings. The predicted octanol–water partition coefficient (Wildman–Crippen LogP) is 4.62. The van der Waals surface area contributed by atoms with Gasteiger partial charge in [0.25, 0.3) is 5.91 Å². The van der Waals surface area contributed by atoms with E-state index in [1.807, 2.05) is 56.3 Å². The van der Waals surface area contributed by atoms with Gasteiger partial charge in [0.2, 0.25) is 0 Å². The van der Waals surface area contributed by atoms with Gasteiger partial charge in [0.15, 0.2) is 0 Å². The van der Waals surface area contributed by atoms with Gasteiger partial charge in [0, 0.05) is 28.6 Å². The van der Waals surface area contributed by atoms with Crippen LogP contribution in [0.25, 0.3) is 0 Å². The second-order valence-corrected chi connectivity index (χ2v) is 6.71. The topological polar surface area (TPSA) is 29.1 Å². The average Bonchev–Trinajstić information content (AvgIpc) is 2.51. The fourth-order valence-corrected chi connectivity index (χ4v) is 3.16. The number of carbonyl (C=O) groups is 1. The number of rotatable bonds is 6. The number of nitrogens with one attached hydrogen (secondary N) is 1. The largest absolute Gasteiger partial charge is 0.351 e. The summed E-state index contributed by atoms with van der Waals surface area (Å²) in [6.07, 6.45) is 0. The van der Waals surface area contributed by atoms with E-state index >= 15 is 0 Å². The summed E-state index contributed by atoms with van der Waals surface area (Å²) in [7, 11) is 0. The SMILES string of the molecule is Cc1ccc(C(=O)NCCSCc2ccccc2Cl)cc1C. The summed E-state index contributed by atoms with van der Waals surface area (Å²) in [4.78, 5) is 12.1. The van der Waals surface area contributed by atoms with Crippen molar-refractivity contribution in [1.82, 2.24) is 5.32 Å². The summed E-state index contributed by atoms with van der Waals surface area (Å²) in [6.45, 7) is 4.72. The lowest BCUT2D eigenvalue weighted by atomic mass is 10.1. The van der Waals surface area contributed by atoms with Gasteiger partial charge in [-0.05, 0) is 48.7 Å². The second kappa shape index (κ2) is 8.25. The van der Waals surface area contributed by atoms with Crippen molar-refractivity contribution in [3.05, 3.63) is 69.7 Å². The summed E-state index contributed by atoms with van der Waals surface area (Å²) in [5.41, 5.74) is 4.20. The van der Waals surface area contributed by atoms with Crippen molar-refractivity contribution in [2.24, 2.45) is 0 Å². The molecule has 0 aliphatic heterocycles. The minimum atomic E-state index is -0.0126. The van der Waals surface area contributed by atoms with Crippen LogP contribution in [0, 0.1) is 13.8 Å². The van der Waals surface area contributed by atoms with Crippen molar-refractivity contribution in [3.63, 3.8) is 0 Å². The molecule has 0 fully saturated rings. The smallest absolute Gasteiger partial charge is 0.251 e. The first-order valence-corrected chi connectivity index (χ1v) is 8.78. The molecule has 1 N–H and O–H groups in total. The Hall–Kier alpha value is -1.45. The molecule has 1 amide bonds. The minimum Gasteiger partial charge on any atom is -0.351 e. The number of aryl methyl sites for hydroxylation is 2. The molecule has 0 unspecified atom stereocenters. The van der Waals surface area contributed by atoms with Crippen molar-refractivity contribution >= 4 is 29.3 Å². The van der Waals surface area contributed by atoms with Crippen molar-refractivity contribution in [2.75, 3.05) is 12.3 Å². The van der Waals surface area contributed by atoms with E-state index in [0.29, 0.717) is 6.54 Å². The molecule has 2 aromatic carbocycles. The van der Waals surface area contributed by atoms with Crippen LogP contribution in [0.3, 0.4) is 0 Å². The summed E-state index contributed by atoms with van der Waals surface area (Å²) in [6, 6.07) is 13.6. The lowest BCUT2D eigenvalue weighted by molar-refractivity contribution is 0.0956. The summed E-state index contributed by atoms with van der Waals surface area (Å²) >= 11 is 7.88. The Morgan fingerprint density at radius 2 is 1.91 bits per heavy atom. The number of carbonyl (C=O) groups excluding carboxylic acids is 1. The van der Waals surface area contributed by atoms with Crippen molar-refractivity contribution in [1.29, 1.82) is 0 Å². The molecule has 2 nitrogen and oxygen atoms in total. The Morgan fingerprint density at radius 1 is 1.14 bits per heavy atom. The molecular formula is C18H20ClNOS. The molecule has 0 atom stereocenters. The van der Waals surface area contributed by atoms with E-state index in [1.54, 1.807) is 11.8 Å². The zero-order valence-electron chi connectivity index (χ0n) is 12.9. The normalized spacial score (nSPS) is 10.5. The van der Waals surface area contributed by atoms with Gasteiger partial charge < -0.3 is 5.32 Å². The van der Waals surface area contributed by atoms with Crippen LogP contribution < -0.4 is 5.32 Å². The lowest BCUT2D eigenvalue weighted by Crippen LogP contribution is -2.25. The maximum atomic E-state index is 12.1. The zero-order valence-corrected chi connectivity index (χ0v) is 14.4. The van der Waals surface area contributed by atoms with E-state index in [1.165, 1.54) is 5.56 Å². The number of thioether (sulfide) groups is 1. The molecule has 0 spiro atoms. The highest BCUT2D eigenvalue weighted by atomic mass is 35.5. The number of hydrogen-bond donors (Lipinski definition) is 1. The fourth-order valence-electron chi connectivity index (χ4n) is 2.02. The fraction of sp³-hybridized carbons (Fsp3) is 0.278. The third-order valence-corrected chi connectivity index (χ3v) is 4.89. The Kier molecular flexibility index (Phi) is 6.34. The molecular weight excluding hydrogens is 314 g/mol. The minimum absolute atomic E-state index is 0.0126. The molecule has 0 radical (unpaired) electrons. The second-order valence-electron chi connectivity index (χ2n) is 5.20. The number of benzene rings is 2. The third kappa shape index (κ3) is 4.79. The van der Waals surface area contributed by atoms with E-state index < -0.39 is 0 Å². The zero-order chi connectivity index (χ0) is 15.9. The predicted molar refractivity (Wildman–Crippen MR) is 95.9 cm³/mol. The Balaban J connectivity index is 1.73. The highest BCUT2D eigenvalue weighted by Gasteiger charge is 2.06. The van der Waals surface area contributed by atoms with Crippen LogP contribution in [-0.2, 0) is 5.75 Å². The van der Waals surface area contributed by atoms with E-state index in [4.69, 9.17) is 11.6 Å². The van der Waals surface area contributed by atoms with Crippen LogP contribution in [0.2, 0.25) is 5.02 Å². The first-order chi connectivity index (χ1) is 10.6. The maximum absolute atomic E-state index is 12.1. The van der Waals surface area contributed by atoms with E-state index in [2.05, 4.69) is 5.32 Å². The Bertz CT molecular complexity index is 657. The highest BCUT2D eigenvalue weighted by molar-refractivity contribution is 7.98. The van der Waals surface area contributed by atoms with Gasteiger partial charge >= 0.3 is 0 Å². The van der Waals surface area contributed by atoms with Crippen LogP contribution in [0.5, 0.6) is 0 Å². The van der Waals surface area contributed by atoms with Gasteiger partial charge in [-0.1, -0.05) is 35.9 Å². The average molecular weight is 334 g/mol. The quantitative estimate of drug-likeness (QED) is 0.781. The van der Waals surface area contributed by atoms with Crippen molar-refractivity contribution in [3.8, 4) is 0 Å². The standard InChI is InChI=1S/C18H20ClNOS/c1-13-7-8-15(11-14(13)2)18(21)20-9-10-22-12-16-5-3-4-6-17(16)19/h3-8,11H,9-10,12H2,1-2H3,(H,20,21). The first kappa shape index (κ1) is 16.9. The molecule has 4 heteroatoms. The van der Waals surface area contributed by atoms with Crippen LogP contribution in [0.1, 0.15) is 27.0 Å². The number of amides is 1. The van der Waals surface area contributed by atoms with E-state index in [0.717, 1.165) is 33.2 Å². The molecule has 2 rings (SSSR count). The molecule has 0 aromatic heterocycles. The molecule has 22 heavy (non-hydrogen) atoms. The van der Waals surface area contributed by atoms with Crippen LogP contribution >= 0.6 is 23.4 Å². The summed E-state index contributed by atoms with van der Waals surface area (Å²) < 4.78 is 0. The number of hydrogen-bond acceptors (Lipinski definition) is 2. The molecule has 0 heterocycles. The Morgan fingerprint density at radius 3 is 2.64 bits per heavy atom. The monoisotopic (exact) mass is 333 g/mol. The van der Waals surface area contributed by atoms with Gasteiger partial charge in [-0.25, -0.2) is 0 Å². The maximum Gasteiger partial charge on any atom is 0.251 e. The molecule has 0 aliphatic carbocycles. The Labute approximate surface area is 141 Å². The van der Waals surface area contributed by atoms with E-state index in [-0.39, 0.29) is 5.91 Å². The summed E-state index contributed by atoms with van der Waals surface area (Å²) in [5.74, 6) is 1.71. The van der Waals surface area contributed by atoms with Crippen LogP contribution in [-0.4, -0.2) is 18.2 Å². The van der Waals surface area contributed by atoms with E-state index in [9.17, 15) is 4.79 Å². The molecule has 116 valence electrons. The molecule has 0 bridgehead atoms. The van der Waals surface area contributed by atoms with Gasteiger partial charge in [0.05, 0.1) is 0 Å². The lowest BCUT2D eigenvalue weighted by Gasteiger charge is -2.08. The molecule has 0 aliphatic rings. The van der Waals surface area contributed by atoms with Crippen LogP contribution in [0.15, 0.2) is 42.5 Å². The molecule has 0 saturated carbocycles. The van der Waals surface area contributed by atoms with Gasteiger partial charge in [-0.15, -0.1) is 0 Å². The van der Waals surface area contributed by atoms with Gasteiger partial charge in [-0.2, -0.15) is 11.8 Å². The third-order valence-electron chi connectivity index (χ3n) is 3.52. The van der Waals surface area contributed by atoms with Gasteiger partial charge in [-0.3, -0.25) is 4.79 Å². The van der Waals surface area contributed by atoms with Crippen molar-refractivity contribution in [2.45, 2.75) is 19.6 Å². The van der Waals surface area contributed by atoms with Crippen LogP contribution in [0.4, 0.5) is 0 Å². The molecule has 0 saturated heterocycles. The highest BCUT2D eigenvalue weighted by Crippen LogP contribution is 2.20. The van der Waals surface area contributed by atoms with Crippen molar-refractivity contribution < 1.29 is 4.79 Å². The van der Waals surface area contributed by atoms with Gasteiger partial charge in [0.1, 0.15) is 0 Å². The first-order valence-electron chi connectivity index (χ1n) is 7.24. The number of halogens is 1.